The van der Waals surface area contributed by atoms with E-state index in [1.165, 1.54) is 0 Å². The van der Waals surface area contributed by atoms with Crippen LogP contribution in [0.5, 0.6) is 0 Å². The number of hydrogen-bond donors (Lipinski definition) is 0. The van der Waals surface area contributed by atoms with Crippen LogP contribution in [0.4, 0.5) is 0 Å². The topological polar surface area (TPSA) is 110 Å². The van der Waals surface area contributed by atoms with Gasteiger partial charge in [-0.2, -0.15) is 0 Å². The zero-order valence-electron chi connectivity index (χ0n) is 18.7. The van der Waals surface area contributed by atoms with E-state index in [-0.39, 0.29) is 31.8 Å². The van der Waals surface area contributed by atoms with Crippen LogP contribution in [0.25, 0.3) is 0 Å². The monoisotopic (exact) mass is 459 g/mol. The third kappa shape index (κ3) is 6.59. The van der Waals surface area contributed by atoms with Crippen molar-refractivity contribution in [2.45, 2.75) is 77.2 Å². The first kappa shape index (κ1) is 23.3. The molecule has 2 aliphatic rings. The summed E-state index contributed by atoms with van der Waals surface area (Å²) in [6, 6.07) is 0. The Morgan fingerprint density at radius 1 is 0.833 bits per heavy atom. The SMILES string of the molecule is C[Si](C)(C)OCC(Cn1c(=O)n(CC2CO2)c(=O)n(CC2CO2)c1=O)O[Si](C)(C)C. The summed E-state index contributed by atoms with van der Waals surface area (Å²) in [7, 11) is -3.79. The Morgan fingerprint density at radius 2 is 1.27 bits per heavy atom. The lowest BCUT2D eigenvalue weighted by Gasteiger charge is -2.29. The maximum absolute atomic E-state index is 13.1. The zero-order chi connectivity index (χ0) is 22.3. The minimum Gasteiger partial charge on any atom is -0.415 e. The van der Waals surface area contributed by atoms with Crippen molar-refractivity contribution in [1.82, 2.24) is 13.7 Å². The summed E-state index contributed by atoms with van der Waals surface area (Å²) in [6.45, 7) is 14.0. The molecule has 3 unspecified atom stereocenters. The molecule has 1 aromatic heterocycles. The molecule has 12 heteroatoms. The predicted molar refractivity (Wildman–Crippen MR) is 116 cm³/mol. The Hall–Kier alpha value is -1.32. The average molecular weight is 460 g/mol. The van der Waals surface area contributed by atoms with Gasteiger partial charge in [-0.15, -0.1) is 0 Å². The van der Waals surface area contributed by atoms with Crippen LogP contribution in [0, 0.1) is 0 Å². The van der Waals surface area contributed by atoms with E-state index in [9.17, 15) is 14.4 Å². The molecule has 30 heavy (non-hydrogen) atoms. The van der Waals surface area contributed by atoms with Gasteiger partial charge in [0.15, 0.2) is 16.6 Å². The van der Waals surface area contributed by atoms with Gasteiger partial charge in [-0.3, -0.25) is 0 Å². The van der Waals surface area contributed by atoms with Gasteiger partial charge in [0.05, 0.1) is 57.8 Å². The second kappa shape index (κ2) is 8.67. The molecule has 2 saturated heterocycles. The summed E-state index contributed by atoms with van der Waals surface area (Å²) in [5.41, 5.74) is -1.88. The highest BCUT2D eigenvalue weighted by atomic mass is 28.4. The van der Waals surface area contributed by atoms with Crippen molar-refractivity contribution in [3.05, 3.63) is 31.5 Å². The van der Waals surface area contributed by atoms with Crippen LogP contribution in [-0.2, 0) is 38.0 Å². The van der Waals surface area contributed by atoms with Gasteiger partial charge in [0.25, 0.3) is 0 Å². The van der Waals surface area contributed by atoms with Crippen LogP contribution in [0.1, 0.15) is 0 Å². The molecule has 0 spiro atoms. The Balaban J connectivity index is 1.97. The highest BCUT2D eigenvalue weighted by molar-refractivity contribution is 6.70. The Bertz CT molecular complexity index is 881. The molecular formula is C18H33N3O7Si2. The molecule has 0 saturated carbocycles. The van der Waals surface area contributed by atoms with E-state index >= 15 is 0 Å². The summed E-state index contributed by atoms with van der Waals surface area (Å²) < 4.78 is 25.9. The molecule has 3 atom stereocenters. The second-order valence-corrected chi connectivity index (χ2v) is 18.8. The fourth-order valence-electron chi connectivity index (χ4n) is 3.08. The van der Waals surface area contributed by atoms with Crippen LogP contribution in [0.2, 0.25) is 39.3 Å². The minimum absolute atomic E-state index is 0.0315. The number of rotatable bonds is 11. The van der Waals surface area contributed by atoms with Crippen molar-refractivity contribution in [3.8, 4) is 0 Å². The van der Waals surface area contributed by atoms with Crippen molar-refractivity contribution >= 4 is 16.6 Å². The summed E-state index contributed by atoms with van der Waals surface area (Å²) >= 11 is 0. The number of epoxide rings is 2. The molecule has 2 fully saturated rings. The fourth-order valence-corrected chi connectivity index (χ4v) is 4.90. The normalized spacial score (nSPS) is 22.2. The highest BCUT2D eigenvalue weighted by Crippen LogP contribution is 2.13. The Kier molecular flexibility index (Phi) is 6.75. The van der Waals surface area contributed by atoms with Crippen LogP contribution in [-0.4, -0.2) is 68.5 Å². The third-order valence-electron chi connectivity index (χ3n) is 4.57. The van der Waals surface area contributed by atoms with E-state index in [0.717, 1.165) is 13.7 Å². The molecule has 0 radical (unpaired) electrons. The maximum atomic E-state index is 13.1. The van der Waals surface area contributed by atoms with E-state index in [1.54, 1.807) is 0 Å². The lowest BCUT2D eigenvalue weighted by atomic mass is 10.4. The number of hydrogen-bond acceptors (Lipinski definition) is 7. The molecule has 10 nitrogen and oxygen atoms in total. The van der Waals surface area contributed by atoms with Crippen LogP contribution in [0.15, 0.2) is 14.4 Å². The van der Waals surface area contributed by atoms with Crippen molar-refractivity contribution in [2.75, 3.05) is 19.8 Å². The zero-order valence-corrected chi connectivity index (χ0v) is 20.7. The molecule has 3 heterocycles. The van der Waals surface area contributed by atoms with Gasteiger partial charge >= 0.3 is 17.1 Å². The molecule has 2 aliphatic heterocycles. The molecule has 170 valence electrons. The molecule has 3 rings (SSSR count). The number of nitrogens with zero attached hydrogens (tertiary/aromatic N) is 3. The summed E-state index contributed by atoms with van der Waals surface area (Å²) in [4.78, 5) is 39.0. The van der Waals surface area contributed by atoms with Crippen molar-refractivity contribution < 1.29 is 18.3 Å². The van der Waals surface area contributed by atoms with Gasteiger partial charge in [-0.25, -0.2) is 28.1 Å². The smallest absolute Gasteiger partial charge is 0.336 e. The number of ether oxygens (including phenoxy) is 2. The largest absolute Gasteiger partial charge is 0.415 e. The molecule has 0 N–H and O–H groups in total. The van der Waals surface area contributed by atoms with Gasteiger partial charge in [0.2, 0.25) is 0 Å². The van der Waals surface area contributed by atoms with E-state index in [1.807, 2.05) is 19.6 Å². The van der Waals surface area contributed by atoms with Crippen LogP contribution < -0.4 is 17.1 Å². The Labute approximate surface area is 177 Å². The van der Waals surface area contributed by atoms with E-state index in [0.29, 0.717) is 19.8 Å². The van der Waals surface area contributed by atoms with Crippen molar-refractivity contribution in [1.29, 1.82) is 0 Å². The van der Waals surface area contributed by atoms with Crippen molar-refractivity contribution in [3.63, 3.8) is 0 Å². The van der Waals surface area contributed by atoms with E-state index < -0.39 is 39.8 Å². The minimum atomic E-state index is -1.97. The molecule has 0 bridgehead atoms. The average Bonchev–Trinajstić information content (AvgIpc) is 3.50. The third-order valence-corrected chi connectivity index (χ3v) is 6.64. The van der Waals surface area contributed by atoms with Crippen molar-refractivity contribution in [2.24, 2.45) is 0 Å². The lowest BCUT2D eigenvalue weighted by molar-refractivity contribution is 0.0998. The maximum Gasteiger partial charge on any atom is 0.336 e. The lowest BCUT2D eigenvalue weighted by Crippen LogP contribution is -2.57. The molecular weight excluding hydrogens is 426 g/mol. The molecule has 1 aromatic rings. The van der Waals surface area contributed by atoms with Gasteiger partial charge in [0.1, 0.15) is 0 Å². The molecule has 0 aliphatic carbocycles. The standard InChI is InChI=1S/C18H33N3O7Si2/c1-29(2,3)27-12-15(28-30(4,5)6)9-21-17(23)19(7-13-10-25-13)16(22)20(18(21)24)8-14-11-26-14/h13-15H,7-12H2,1-6H3. The van der Waals surface area contributed by atoms with Gasteiger partial charge < -0.3 is 18.3 Å². The van der Waals surface area contributed by atoms with Gasteiger partial charge in [0, 0.05) is 0 Å². The first-order chi connectivity index (χ1) is 13.8. The molecule has 0 aromatic carbocycles. The number of aromatic nitrogens is 3. The van der Waals surface area contributed by atoms with E-state index in [2.05, 4.69) is 19.6 Å². The summed E-state index contributed by atoms with van der Waals surface area (Å²) in [5, 5.41) is 0. The van der Waals surface area contributed by atoms with Crippen LogP contribution >= 0.6 is 0 Å². The first-order valence-corrected chi connectivity index (χ1v) is 17.2. The predicted octanol–water partition coefficient (Wildman–Crippen LogP) is 0.0409. The summed E-state index contributed by atoms with van der Waals surface area (Å²) in [6.07, 6.45) is -0.796. The quantitative estimate of drug-likeness (QED) is 0.339. The summed E-state index contributed by atoms with van der Waals surface area (Å²) in [5.74, 6) is 0. The van der Waals surface area contributed by atoms with Crippen LogP contribution in [0.3, 0.4) is 0 Å². The molecule has 0 amide bonds. The highest BCUT2D eigenvalue weighted by Gasteiger charge is 2.31. The fraction of sp³-hybridized carbons (Fsp3) is 0.833. The first-order valence-electron chi connectivity index (χ1n) is 10.3. The van der Waals surface area contributed by atoms with E-state index in [4.69, 9.17) is 18.3 Å². The Morgan fingerprint density at radius 3 is 1.63 bits per heavy atom. The second-order valence-electron chi connectivity index (χ2n) is 9.87. The van der Waals surface area contributed by atoms with Gasteiger partial charge in [-0.05, 0) is 39.3 Å². The van der Waals surface area contributed by atoms with Gasteiger partial charge in [-0.1, -0.05) is 0 Å².